The van der Waals surface area contributed by atoms with Crippen molar-refractivity contribution in [1.82, 2.24) is 20.1 Å². The highest BCUT2D eigenvalue weighted by Gasteiger charge is 2.17. The molecule has 0 unspecified atom stereocenters. The monoisotopic (exact) mass is 367 g/mol. The van der Waals surface area contributed by atoms with Gasteiger partial charge in [-0.1, -0.05) is 18.2 Å². The van der Waals surface area contributed by atoms with E-state index in [1.165, 1.54) is 5.56 Å². The fourth-order valence-corrected chi connectivity index (χ4v) is 3.43. The lowest BCUT2D eigenvalue weighted by Crippen LogP contribution is -2.46. The summed E-state index contributed by atoms with van der Waals surface area (Å²) in [5, 5.41) is 18.4. The van der Waals surface area contributed by atoms with Gasteiger partial charge in [-0.15, -0.1) is 0 Å². The highest BCUT2D eigenvalue weighted by Crippen LogP contribution is 2.16. The molecule has 140 valence electrons. The highest BCUT2D eigenvalue weighted by atomic mass is 16.6. The quantitative estimate of drug-likeness (QED) is 0.488. The Labute approximate surface area is 156 Å². The topological polar surface area (TPSA) is 88.5 Å². The van der Waals surface area contributed by atoms with Gasteiger partial charge in [-0.25, -0.2) is 4.63 Å². The van der Waals surface area contributed by atoms with E-state index in [-0.39, 0.29) is 10.6 Å². The first-order chi connectivity index (χ1) is 13.2. The molecule has 1 fully saturated rings. The van der Waals surface area contributed by atoms with Crippen LogP contribution < -0.4 is 0 Å². The fourth-order valence-electron chi connectivity index (χ4n) is 3.43. The van der Waals surface area contributed by atoms with Gasteiger partial charge in [0.2, 0.25) is 0 Å². The van der Waals surface area contributed by atoms with Crippen molar-refractivity contribution >= 4 is 16.7 Å². The van der Waals surface area contributed by atoms with E-state index in [2.05, 4.69) is 26.2 Å². The lowest BCUT2D eigenvalue weighted by Gasteiger charge is -2.34. The molecule has 3 aromatic rings. The van der Waals surface area contributed by atoms with Gasteiger partial charge in [0.25, 0.3) is 5.69 Å². The molecule has 0 N–H and O–H groups in total. The third-order valence-electron chi connectivity index (χ3n) is 5.05. The molecule has 2 aromatic carbocycles. The molecule has 8 nitrogen and oxygen atoms in total. The maximum atomic E-state index is 10.7. The summed E-state index contributed by atoms with van der Waals surface area (Å²) in [5.41, 5.74) is 4.09. The van der Waals surface area contributed by atoms with Gasteiger partial charge in [-0.3, -0.25) is 15.0 Å². The van der Waals surface area contributed by atoms with Crippen molar-refractivity contribution in [2.24, 2.45) is 0 Å². The summed E-state index contributed by atoms with van der Waals surface area (Å²) in [6.07, 6.45) is 0.911. The number of nitro benzene ring substituents is 1. The molecule has 0 aliphatic carbocycles. The molecular weight excluding hydrogens is 346 g/mol. The smallest absolute Gasteiger partial charge is 0.269 e. The van der Waals surface area contributed by atoms with Crippen molar-refractivity contribution in [2.75, 3.05) is 32.7 Å². The van der Waals surface area contributed by atoms with E-state index in [9.17, 15) is 10.1 Å². The van der Waals surface area contributed by atoms with Crippen LogP contribution in [0.25, 0.3) is 11.0 Å². The molecule has 0 amide bonds. The van der Waals surface area contributed by atoms with Gasteiger partial charge < -0.3 is 4.90 Å². The van der Waals surface area contributed by atoms with Gasteiger partial charge in [0.1, 0.15) is 11.0 Å². The number of non-ortho nitro benzene ring substituents is 1. The van der Waals surface area contributed by atoms with Crippen molar-refractivity contribution in [1.29, 1.82) is 0 Å². The predicted octanol–water partition coefficient (Wildman–Crippen LogP) is 2.49. The Kier molecular flexibility index (Phi) is 5.08. The van der Waals surface area contributed by atoms with Crippen LogP contribution in [0.5, 0.6) is 0 Å². The summed E-state index contributed by atoms with van der Waals surface area (Å²) in [6, 6.07) is 12.9. The number of piperazine rings is 1. The molecule has 1 aliphatic rings. The Bertz CT molecular complexity index is 916. The highest BCUT2D eigenvalue weighted by molar-refractivity contribution is 5.73. The van der Waals surface area contributed by atoms with Gasteiger partial charge in [-0.05, 0) is 40.0 Å². The molecule has 0 bridgehead atoms. The molecule has 1 aliphatic heterocycles. The summed E-state index contributed by atoms with van der Waals surface area (Å²) in [7, 11) is 0. The SMILES string of the molecule is O=[N+]([O-])c1ccc(CCN2CCN(Cc3ccc4nonc4c3)CC2)cc1. The molecule has 1 aromatic heterocycles. The van der Waals surface area contributed by atoms with Crippen LogP contribution in [0.3, 0.4) is 0 Å². The second-order valence-corrected chi connectivity index (χ2v) is 6.88. The summed E-state index contributed by atoms with van der Waals surface area (Å²) >= 11 is 0. The second kappa shape index (κ2) is 7.81. The van der Waals surface area contributed by atoms with E-state index in [1.54, 1.807) is 12.1 Å². The molecule has 0 spiro atoms. The third-order valence-corrected chi connectivity index (χ3v) is 5.05. The van der Waals surface area contributed by atoms with Gasteiger partial charge in [0.05, 0.1) is 4.92 Å². The summed E-state index contributed by atoms with van der Waals surface area (Å²) in [5.74, 6) is 0. The van der Waals surface area contributed by atoms with Crippen molar-refractivity contribution in [3.63, 3.8) is 0 Å². The van der Waals surface area contributed by atoms with Crippen LogP contribution in [0.1, 0.15) is 11.1 Å². The van der Waals surface area contributed by atoms with E-state index in [0.717, 1.165) is 62.3 Å². The Hall–Kier alpha value is -2.84. The molecule has 0 radical (unpaired) electrons. The van der Waals surface area contributed by atoms with E-state index in [0.29, 0.717) is 0 Å². The first-order valence-electron chi connectivity index (χ1n) is 9.06. The fraction of sp³-hybridized carbons (Fsp3) is 0.368. The molecule has 0 saturated carbocycles. The molecule has 2 heterocycles. The largest absolute Gasteiger partial charge is 0.300 e. The minimum Gasteiger partial charge on any atom is -0.300 e. The normalized spacial score (nSPS) is 16.0. The van der Waals surface area contributed by atoms with Gasteiger partial charge in [0.15, 0.2) is 0 Å². The second-order valence-electron chi connectivity index (χ2n) is 6.88. The molecular formula is C19H21N5O3. The predicted molar refractivity (Wildman–Crippen MR) is 100 cm³/mol. The van der Waals surface area contributed by atoms with Crippen LogP contribution in [-0.4, -0.2) is 57.8 Å². The maximum Gasteiger partial charge on any atom is 0.269 e. The summed E-state index contributed by atoms with van der Waals surface area (Å²) in [6.45, 7) is 5.98. The number of fused-ring (bicyclic) bond motifs is 1. The number of benzene rings is 2. The first-order valence-corrected chi connectivity index (χ1v) is 9.06. The Morgan fingerprint density at radius 2 is 1.59 bits per heavy atom. The maximum absolute atomic E-state index is 10.7. The minimum absolute atomic E-state index is 0.145. The number of hydrogen-bond donors (Lipinski definition) is 0. The van der Waals surface area contributed by atoms with Gasteiger partial charge in [0, 0.05) is 51.4 Å². The molecule has 27 heavy (non-hydrogen) atoms. The Morgan fingerprint density at radius 3 is 2.33 bits per heavy atom. The first kappa shape index (κ1) is 17.6. The van der Waals surface area contributed by atoms with Crippen LogP contribution in [-0.2, 0) is 13.0 Å². The zero-order valence-electron chi connectivity index (χ0n) is 15.0. The molecule has 4 rings (SSSR count). The molecule has 1 saturated heterocycles. The van der Waals surface area contributed by atoms with Crippen LogP contribution in [0.4, 0.5) is 5.69 Å². The van der Waals surface area contributed by atoms with Crippen molar-refractivity contribution < 1.29 is 9.55 Å². The van der Waals surface area contributed by atoms with Crippen LogP contribution in [0.2, 0.25) is 0 Å². The van der Waals surface area contributed by atoms with E-state index in [1.807, 2.05) is 24.3 Å². The Morgan fingerprint density at radius 1 is 0.926 bits per heavy atom. The lowest BCUT2D eigenvalue weighted by molar-refractivity contribution is -0.384. The summed E-state index contributed by atoms with van der Waals surface area (Å²) < 4.78 is 4.75. The van der Waals surface area contributed by atoms with Crippen molar-refractivity contribution in [3.8, 4) is 0 Å². The number of rotatable bonds is 6. The average Bonchev–Trinajstić information content (AvgIpc) is 3.15. The number of nitrogens with zero attached hydrogens (tertiary/aromatic N) is 5. The number of aromatic nitrogens is 2. The Balaban J connectivity index is 1.24. The number of nitro groups is 1. The zero-order valence-corrected chi connectivity index (χ0v) is 15.0. The molecule has 0 atom stereocenters. The lowest BCUT2D eigenvalue weighted by atomic mass is 10.1. The van der Waals surface area contributed by atoms with Crippen molar-refractivity contribution in [3.05, 3.63) is 63.7 Å². The van der Waals surface area contributed by atoms with E-state index >= 15 is 0 Å². The van der Waals surface area contributed by atoms with E-state index in [4.69, 9.17) is 4.63 Å². The van der Waals surface area contributed by atoms with Crippen LogP contribution in [0.15, 0.2) is 47.1 Å². The van der Waals surface area contributed by atoms with Gasteiger partial charge >= 0.3 is 0 Å². The summed E-state index contributed by atoms with van der Waals surface area (Å²) in [4.78, 5) is 15.2. The standard InChI is InChI=1S/C19H21N5O3/c25-24(26)17-4-1-15(2-5-17)7-8-22-9-11-23(12-10-22)14-16-3-6-18-19(13-16)21-27-20-18/h1-6,13H,7-12,14H2. The van der Waals surface area contributed by atoms with Crippen LogP contribution in [0, 0.1) is 10.1 Å². The van der Waals surface area contributed by atoms with E-state index < -0.39 is 0 Å². The van der Waals surface area contributed by atoms with Gasteiger partial charge in [-0.2, -0.15) is 0 Å². The average molecular weight is 367 g/mol. The minimum atomic E-state index is -0.361. The van der Waals surface area contributed by atoms with Crippen molar-refractivity contribution in [2.45, 2.75) is 13.0 Å². The third kappa shape index (κ3) is 4.29. The molecule has 8 heteroatoms. The van der Waals surface area contributed by atoms with Crippen LogP contribution >= 0.6 is 0 Å². The zero-order chi connectivity index (χ0) is 18.6. The number of hydrogen-bond acceptors (Lipinski definition) is 7.